The highest BCUT2D eigenvalue weighted by atomic mass is 32.2. The summed E-state index contributed by atoms with van der Waals surface area (Å²) in [5.41, 5.74) is 0. The zero-order chi connectivity index (χ0) is 12.2. The molecule has 0 spiro atoms. The molecule has 0 aromatic carbocycles. The van der Waals surface area contributed by atoms with Crippen LogP contribution in [0.4, 0.5) is 0 Å². The number of aliphatic carboxylic acids is 1. The van der Waals surface area contributed by atoms with Crippen LogP contribution in [0.15, 0.2) is 0 Å². The highest BCUT2D eigenvalue weighted by molar-refractivity contribution is 7.90. The van der Waals surface area contributed by atoms with Crippen LogP contribution in [0.5, 0.6) is 0 Å². The van der Waals surface area contributed by atoms with E-state index in [2.05, 4.69) is 10.0 Å². The molecule has 1 saturated heterocycles. The summed E-state index contributed by atoms with van der Waals surface area (Å²) < 4.78 is 25.2. The molecule has 1 fully saturated rings. The van der Waals surface area contributed by atoms with Gasteiger partial charge in [0.15, 0.2) is 5.25 Å². The number of hydrogen-bond donors (Lipinski definition) is 3. The number of carbonyl (C=O) groups is 1. The normalized spacial score (nSPS) is 23.2. The molecule has 0 aromatic rings. The van der Waals surface area contributed by atoms with Crippen LogP contribution in [0.1, 0.15) is 19.8 Å². The summed E-state index contributed by atoms with van der Waals surface area (Å²) >= 11 is 0. The molecular formula is C9H18N2O4S. The van der Waals surface area contributed by atoms with E-state index in [0.29, 0.717) is 12.5 Å². The molecule has 0 aromatic heterocycles. The maximum Gasteiger partial charge on any atom is 0.323 e. The van der Waals surface area contributed by atoms with Gasteiger partial charge in [0.25, 0.3) is 0 Å². The highest BCUT2D eigenvalue weighted by Gasteiger charge is 2.27. The molecule has 0 bridgehead atoms. The van der Waals surface area contributed by atoms with E-state index in [1.807, 2.05) is 0 Å². The van der Waals surface area contributed by atoms with Crippen molar-refractivity contribution < 1.29 is 18.3 Å². The van der Waals surface area contributed by atoms with Crippen molar-refractivity contribution in [3.8, 4) is 0 Å². The summed E-state index contributed by atoms with van der Waals surface area (Å²) in [7, 11) is -3.72. The first-order valence-corrected chi connectivity index (χ1v) is 6.90. The second-order valence-electron chi connectivity index (χ2n) is 4.07. The lowest BCUT2D eigenvalue weighted by atomic mass is 10.1. The Balaban J connectivity index is 2.33. The Bertz CT molecular complexity index is 335. The van der Waals surface area contributed by atoms with Gasteiger partial charge in [0.2, 0.25) is 10.0 Å². The van der Waals surface area contributed by atoms with Crippen molar-refractivity contribution in [2.75, 3.05) is 19.6 Å². The van der Waals surface area contributed by atoms with Gasteiger partial charge >= 0.3 is 5.97 Å². The number of hydrogen-bond acceptors (Lipinski definition) is 4. The van der Waals surface area contributed by atoms with Gasteiger partial charge in [0, 0.05) is 6.54 Å². The number of sulfonamides is 1. The molecule has 7 heteroatoms. The minimum atomic E-state index is -3.72. The van der Waals surface area contributed by atoms with E-state index in [-0.39, 0.29) is 0 Å². The highest BCUT2D eigenvalue weighted by Crippen LogP contribution is 2.11. The molecule has 3 N–H and O–H groups in total. The number of nitrogens with one attached hydrogen (secondary N) is 2. The van der Waals surface area contributed by atoms with E-state index in [9.17, 15) is 13.2 Å². The Kier molecular flexibility index (Phi) is 4.69. The molecule has 1 heterocycles. The smallest absolute Gasteiger partial charge is 0.323 e. The largest absolute Gasteiger partial charge is 0.480 e. The van der Waals surface area contributed by atoms with Crippen molar-refractivity contribution in [2.45, 2.75) is 25.0 Å². The van der Waals surface area contributed by atoms with E-state index in [1.54, 1.807) is 0 Å². The van der Waals surface area contributed by atoms with Gasteiger partial charge in [-0.1, -0.05) is 0 Å². The summed E-state index contributed by atoms with van der Waals surface area (Å²) in [6.07, 6.45) is 1.80. The van der Waals surface area contributed by atoms with Crippen LogP contribution in [0.3, 0.4) is 0 Å². The monoisotopic (exact) mass is 250 g/mol. The Morgan fingerprint density at radius 3 is 2.81 bits per heavy atom. The molecule has 2 unspecified atom stereocenters. The van der Waals surface area contributed by atoms with Crippen LogP contribution < -0.4 is 10.0 Å². The molecule has 1 rings (SSSR count). The Labute approximate surface area is 95.5 Å². The Hall–Kier alpha value is -0.660. The summed E-state index contributed by atoms with van der Waals surface area (Å²) in [5.74, 6) is -0.835. The van der Waals surface area contributed by atoms with Crippen molar-refractivity contribution in [3.05, 3.63) is 0 Å². The van der Waals surface area contributed by atoms with Gasteiger partial charge in [0.1, 0.15) is 0 Å². The van der Waals surface area contributed by atoms with Crippen LogP contribution in [-0.4, -0.2) is 44.4 Å². The molecular weight excluding hydrogens is 232 g/mol. The maximum absolute atomic E-state index is 11.4. The molecule has 1 aliphatic heterocycles. The minimum absolute atomic E-state index is 0.312. The van der Waals surface area contributed by atoms with E-state index in [0.717, 1.165) is 25.9 Å². The molecule has 0 saturated carbocycles. The number of rotatable bonds is 6. The van der Waals surface area contributed by atoms with Crippen molar-refractivity contribution in [1.82, 2.24) is 10.0 Å². The van der Waals surface area contributed by atoms with Crippen LogP contribution in [0.25, 0.3) is 0 Å². The van der Waals surface area contributed by atoms with E-state index in [1.165, 1.54) is 6.92 Å². The summed E-state index contributed by atoms with van der Waals surface area (Å²) in [6, 6.07) is 0. The average molecular weight is 250 g/mol. The summed E-state index contributed by atoms with van der Waals surface area (Å²) in [5, 5.41) is 10.4. The predicted octanol–water partition coefficient (Wildman–Crippen LogP) is -0.621. The van der Waals surface area contributed by atoms with E-state index in [4.69, 9.17) is 5.11 Å². The third-order valence-corrected chi connectivity index (χ3v) is 4.57. The van der Waals surface area contributed by atoms with Gasteiger partial charge in [-0.3, -0.25) is 4.79 Å². The van der Waals surface area contributed by atoms with Gasteiger partial charge in [0.05, 0.1) is 0 Å². The Morgan fingerprint density at radius 1 is 1.62 bits per heavy atom. The molecule has 6 nitrogen and oxygen atoms in total. The Morgan fingerprint density at radius 2 is 2.31 bits per heavy atom. The lowest BCUT2D eigenvalue weighted by Gasteiger charge is -2.12. The topological polar surface area (TPSA) is 95.5 Å². The molecule has 16 heavy (non-hydrogen) atoms. The molecule has 0 aliphatic carbocycles. The lowest BCUT2D eigenvalue weighted by Crippen LogP contribution is -2.38. The molecule has 1 aliphatic rings. The van der Waals surface area contributed by atoms with Gasteiger partial charge in [-0.15, -0.1) is 0 Å². The van der Waals surface area contributed by atoms with Crippen LogP contribution in [0, 0.1) is 5.92 Å². The SMILES string of the molecule is CC(C(=O)O)S(=O)(=O)NCCC1CCNC1. The summed E-state index contributed by atoms with van der Waals surface area (Å²) in [4.78, 5) is 10.5. The third-order valence-electron chi connectivity index (χ3n) is 2.83. The first-order chi connectivity index (χ1) is 7.43. The van der Waals surface area contributed by atoms with E-state index >= 15 is 0 Å². The van der Waals surface area contributed by atoms with Crippen molar-refractivity contribution in [1.29, 1.82) is 0 Å². The summed E-state index contributed by atoms with van der Waals surface area (Å²) in [6.45, 7) is 3.37. The van der Waals surface area contributed by atoms with Gasteiger partial charge in [-0.05, 0) is 38.8 Å². The lowest BCUT2D eigenvalue weighted by molar-refractivity contribution is -0.136. The van der Waals surface area contributed by atoms with Gasteiger partial charge in [-0.25, -0.2) is 13.1 Å². The second kappa shape index (κ2) is 5.60. The fourth-order valence-electron chi connectivity index (χ4n) is 1.62. The van der Waals surface area contributed by atoms with Crippen molar-refractivity contribution in [2.24, 2.45) is 5.92 Å². The maximum atomic E-state index is 11.4. The quantitative estimate of drug-likeness (QED) is 0.584. The number of carboxylic acids is 1. The molecule has 0 radical (unpaired) electrons. The fraction of sp³-hybridized carbons (Fsp3) is 0.889. The third kappa shape index (κ3) is 3.73. The zero-order valence-electron chi connectivity index (χ0n) is 9.27. The first kappa shape index (κ1) is 13.4. The molecule has 2 atom stereocenters. The first-order valence-electron chi connectivity index (χ1n) is 5.35. The van der Waals surface area contributed by atoms with Gasteiger partial charge in [-0.2, -0.15) is 0 Å². The predicted molar refractivity (Wildman–Crippen MR) is 59.6 cm³/mol. The zero-order valence-corrected chi connectivity index (χ0v) is 10.1. The minimum Gasteiger partial charge on any atom is -0.480 e. The van der Waals surface area contributed by atoms with Crippen LogP contribution >= 0.6 is 0 Å². The van der Waals surface area contributed by atoms with Gasteiger partial charge < -0.3 is 10.4 Å². The standard InChI is InChI=1S/C9H18N2O4S/c1-7(9(12)13)16(14,15)11-5-3-8-2-4-10-6-8/h7-8,10-11H,2-6H2,1H3,(H,12,13). The molecule has 94 valence electrons. The number of carboxylic acid groups (broad SMARTS) is 1. The van der Waals surface area contributed by atoms with E-state index < -0.39 is 21.2 Å². The average Bonchev–Trinajstić information content (AvgIpc) is 2.69. The molecule has 0 amide bonds. The van der Waals surface area contributed by atoms with Crippen molar-refractivity contribution in [3.63, 3.8) is 0 Å². The fourth-order valence-corrected chi connectivity index (χ4v) is 2.54. The van der Waals surface area contributed by atoms with Crippen molar-refractivity contribution >= 4 is 16.0 Å². The second-order valence-corrected chi connectivity index (χ2v) is 6.15. The van der Waals surface area contributed by atoms with Crippen LogP contribution in [-0.2, 0) is 14.8 Å². The van der Waals surface area contributed by atoms with Crippen LogP contribution in [0.2, 0.25) is 0 Å².